The maximum absolute atomic E-state index is 11.6. The van der Waals surface area contributed by atoms with E-state index in [0.29, 0.717) is 17.6 Å². The molecule has 3 rings (SSSR count). The second kappa shape index (κ2) is 6.27. The Morgan fingerprint density at radius 2 is 2.36 bits per heavy atom. The third kappa shape index (κ3) is 2.87. The Kier molecular flexibility index (Phi) is 4.19. The molecule has 22 heavy (non-hydrogen) atoms. The fraction of sp³-hybridized carbons (Fsp3) is 0.571. The van der Waals surface area contributed by atoms with Gasteiger partial charge < -0.3 is 14.5 Å². The first kappa shape index (κ1) is 14.7. The molecule has 1 aliphatic heterocycles. The number of nitrogens with zero attached hydrogens (tertiary/aromatic N) is 3. The van der Waals surface area contributed by atoms with E-state index in [1.54, 1.807) is 10.9 Å². The van der Waals surface area contributed by atoms with E-state index in [-0.39, 0.29) is 30.5 Å². The molecule has 0 aliphatic carbocycles. The number of H-pyrrole nitrogens is 1. The second-order valence-electron chi connectivity index (χ2n) is 5.28. The number of nitrogens with one attached hydrogen (secondary N) is 1. The zero-order chi connectivity index (χ0) is 15.5. The van der Waals surface area contributed by atoms with E-state index < -0.39 is 0 Å². The molecule has 0 bridgehead atoms. The van der Waals surface area contributed by atoms with Crippen LogP contribution in [0, 0.1) is 0 Å². The number of ether oxygens (including phenoxy) is 2. The highest BCUT2D eigenvalue weighted by atomic mass is 16.6. The summed E-state index contributed by atoms with van der Waals surface area (Å²) in [6.45, 7) is 2.19. The molecule has 1 N–H and O–H groups in total. The van der Waals surface area contributed by atoms with Crippen LogP contribution in [0.1, 0.15) is 38.8 Å². The van der Waals surface area contributed by atoms with Gasteiger partial charge in [0.05, 0.1) is 18.8 Å². The van der Waals surface area contributed by atoms with Gasteiger partial charge in [0.15, 0.2) is 11.2 Å². The molecule has 2 unspecified atom stereocenters. The summed E-state index contributed by atoms with van der Waals surface area (Å²) in [6.07, 6.45) is 5.27. The van der Waals surface area contributed by atoms with Crippen LogP contribution in [0.15, 0.2) is 17.4 Å². The molecule has 1 aliphatic rings. The van der Waals surface area contributed by atoms with Crippen molar-refractivity contribution >= 4 is 17.1 Å². The number of aromatic amines is 1. The monoisotopic (exact) mass is 306 g/mol. The van der Waals surface area contributed by atoms with Crippen molar-refractivity contribution < 1.29 is 14.3 Å². The van der Waals surface area contributed by atoms with Crippen molar-refractivity contribution in [2.45, 2.75) is 44.9 Å². The molecule has 1 fully saturated rings. The lowest BCUT2D eigenvalue weighted by Gasteiger charge is -2.15. The van der Waals surface area contributed by atoms with Crippen LogP contribution in [0.5, 0.6) is 0 Å². The second-order valence-corrected chi connectivity index (χ2v) is 5.28. The summed E-state index contributed by atoms with van der Waals surface area (Å²) in [6, 6.07) is 0. The maximum Gasteiger partial charge on any atom is 0.305 e. The van der Waals surface area contributed by atoms with Gasteiger partial charge in [0.2, 0.25) is 0 Å². The van der Waals surface area contributed by atoms with Crippen LogP contribution in [-0.2, 0) is 14.3 Å². The molecule has 3 heterocycles. The number of hydrogen-bond donors (Lipinski definition) is 1. The van der Waals surface area contributed by atoms with E-state index >= 15 is 0 Å². The Balaban J connectivity index is 1.66. The van der Waals surface area contributed by atoms with E-state index in [9.17, 15) is 9.59 Å². The maximum atomic E-state index is 11.6. The van der Waals surface area contributed by atoms with Crippen molar-refractivity contribution in [3.63, 3.8) is 0 Å². The third-order valence-corrected chi connectivity index (χ3v) is 3.64. The summed E-state index contributed by atoms with van der Waals surface area (Å²) >= 11 is 0. The summed E-state index contributed by atoms with van der Waals surface area (Å²) in [4.78, 5) is 33.7. The number of hydrogen-bond acceptors (Lipinski definition) is 6. The summed E-state index contributed by atoms with van der Waals surface area (Å²) in [5.41, 5.74) is 0.521. The highest BCUT2D eigenvalue weighted by molar-refractivity contribution is 5.69. The number of carbonyl (C=O) groups excluding carboxylic acids is 1. The number of rotatable bonds is 5. The molecule has 2 aromatic heterocycles. The first-order valence-electron chi connectivity index (χ1n) is 7.40. The smallest absolute Gasteiger partial charge is 0.305 e. The minimum Gasteiger partial charge on any atom is -0.463 e. The van der Waals surface area contributed by atoms with Gasteiger partial charge in [-0.25, -0.2) is 9.97 Å². The van der Waals surface area contributed by atoms with Crippen LogP contribution >= 0.6 is 0 Å². The topological polar surface area (TPSA) is 99.1 Å². The van der Waals surface area contributed by atoms with Gasteiger partial charge in [-0.15, -0.1) is 0 Å². The molecule has 8 heteroatoms. The van der Waals surface area contributed by atoms with E-state index in [0.717, 1.165) is 19.3 Å². The van der Waals surface area contributed by atoms with Gasteiger partial charge in [0.1, 0.15) is 12.8 Å². The SMILES string of the molecule is CCCC(=O)OCC1CCC(n2cnc3c(=O)[nH]cnc32)O1. The van der Waals surface area contributed by atoms with Crippen LogP contribution in [0.25, 0.3) is 11.2 Å². The zero-order valence-electron chi connectivity index (χ0n) is 12.3. The van der Waals surface area contributed by atoms with Gasteiger partial charge in [-0.1, -0.05) is 6.92 Å². The van der Waals surface area contributed by atoms with Crippen LogP contribution in [0.3, 0.4) is 0 Å². The predicted octanol–water partition coefficient (Wildman–Crippen LogP) is 1.14. The van der Waals surface area contributed by atoms with Crippen LogP contribution in [-0.4, -0.2) is 38.2 Å². The fourth-order valence-electron chi connectivity index (χ4n) is 2.55. The highest BCUT2D eigenvalue weighted by Gasteiger charge is 2.29. The quantitative estimate of drug-likeness (QED) is 0.832. The third-order valence-electron chi connectivity index (χ3n) is 3.64. The molecule has 8 nitrogen and oxygen atoms in total. The standard InChI is InChI=1S/C14H18N4O4/c1-2-3-11(19)21-6-9-4-5-10(22-9)18-8-17-12-13(18)15-7-16-14(12)20/h7-10H,2-6H2,1H3,(H,15,16,20). The summed E-state index contributed by atoms with van der Waals surface area (Å²) < 4.78 is 12.8. The van der Waals surface area contributed by atoms with Gasteiger partial charge in [-0.3, -0.25) is 14.2 Å². The van der Waals surface area contributed by atoms with Crippen molar-refractivity contribution in [1.82, 2.24) is 19.5 Å². The van der Waals surface area contributed by atoms with Crippen molar-refractivity contribution in [3.05, 3.63) is 23.0 Å². The number of imidazole rings is 1. The van der Waals surface area contributed by atoms with Crippen LogP contribution in [0.4, 0.5) is 0 Å². The largest absolute Gasteiger partial charge is 0.463 e. The normalized spacial score (nSPS) is 21.3. The molecule has 0 spiro atoms. The van der Waals surface area contributed by atoms with Crippen molar-refractivity contribution in [3.8, 4) is 0 Å². The Labute approximate surface area is 126 Å². The van der Waals surface area contributed by atoms with Crippen molar-refractivity contribution in [2.24, 2.45) is 0 Å². The van der Waals surface area contributed by atoms with Gasteiger partial charge in [0, 0.05) is 6.42 Å². The lowest BCUT2D eigenvalue weighted by molar-refractivity contribution is -0.148. The molecule has 2 aromatic rings. The predicted molar refractivity (Wildman–Crippen MR) is 77.2 cm³/mol. The summed E-state index contributed by atoms with van der Waals surface area (Å²) in [5.74, 6) is -0.198. The average Bonchev–Trinajstić information content (AvgIpc) is 3.12. The minimum absolute atomic E-state index is 0.134. The molecule has 2 atom stereocenters. The summed E-state index contributed by atoms with van der Waals surface area (Å²) in [7, 11) is 0. The van der Waals surface area contributed by atoms with Gasteiger partial charge in [-0.2, -0.15) is 0 Å². The van der Waals surface area contributed by atoms with Gasteiger partial charge >= 0.3 is 5.97 Å². The van der Waals surface area contributed by atoms with E-state index in [2.05, 4.69) is 15.0 Å². The zero-order valence-corrected chi connectivity index (χ0v) is 12.3. The number of fused-ring (bicyclic) bond motifs is 1. The number of carbonyl (C=O) groups is 1. The molecule has 1 saturated heterocycles. The molecule has 118 valence electrons. The average molecular weight is 306 g/mol. The first-order valence-corrected chi connectivity index (χ1v) is 7.40. The lowest BCUT2D eigenvalue weighted by Crippen LogP contribution is -2.19. The Hall–Kier alpha value is -2.22. The van der Waals surface area contributed by atoms with Gasteiger partial charge in [-0.05, 0) is 19.3 Å². The van der Waals surface area contributed by atoms with Crippen LogP contribution < -0.4 is 5.56 Å². The Morgan fingerprint density at radius 3 is 3.18 bits per heavy atom. The van der Waals surface area contributed by atoms with E-state index in [1.165, 1.54) is 6.33 Å². The molecule has 0 saturated carbocycles. The Morgan fingerprint density at radius 1 is 1.50 bits per heavy atom. The number of esters is 1. The summed E-state index contributed by atoms with van der Waals surface area (Å²) in [5, 5.41) is 0. The Bertz CT molecular complexity index is 723. The van der Waals surface area contributed by atoms with Gasteiger partial charge in [0.25, 0.3) is 5.56 Å². The van der Waals surface area contributed by atoms with Crippen molar-refractivity contribution in [1.29, 1.82) is 0 Å². The number of aromatic nitrogens is 4. The van der Waals surface area contributed by atoms with E-state index in [4.69, 9.17) is 9.47 Å². The van der Waals surface area contributed by atoms with E-state index in [1.807, 2.05) is 6.92 Å². The molecular formula is C14H18N4O4. The molecule has 0 radical (unpaired) electrons. The van der Waals surface area contributed by atoms with Crippen LogP contribution in [0.2, 0.25) is 0 Å². The molecular weight excluding hydrogens is 288 g/mol. The molecule has 0 aromatic carbocycles. The minimum atomic E-state index is -0.271. The lowest BCUT2D eigenvalue weighted by atomic mass is 10.2. The van der Waals surface area contributed by atoms with Crippen molar-refractivity contribution in [2.75, 3.05) is 6.61 Å². The fourth-order valence-corrected chi connectivity index (χ4v) is 2.55. The molecule has 0 amide bonds. The highest BCUT2D eigenvalue weighted by Crippen LogP contribution is 2.29. The first-order chi connectivity index (χ1) is 10.7.